The Hall–Kier alpha value is -1.00. The van der Waals surface area contributed by atoms with Crippen LogP contribution in [-0.2, 0) is 4.79 Å². The van der Waals surface area contributed by atoms with Crippen molar-refractivity contribution in [2.24, 2.45) is 0 Å². The van der Waals surface area contributed by atoms with Gasteiger partial charge in [0.25, 0.3) is 0 Å². The lowest BCUT2D eigenvalue weighted by Crippen LogP contribution is -2.38. The number of nitrogens with one attached hydrogen (secondary N) is 1. The second kappa shape index (κ2) is 6.41. The predicted molar refractivity (Wildman–Crippen MR) is 88.2 cm³/mol. The summed E-state index contributed by atoms with van der Waals surface area (Å²) in [4.78, 5) is 14.7. The molecule has 1 aliphatic heterocycles. The maximum absolute atomic E-state index is 12.6. The number of carbonyl (C=O) groups excluding carboxylic acids is 1. The topological polar surface area (TPSA) is 32.3 Å². The smallest absolute Gasteiger partial charge is 0.241 e. The highest BCUT2D eigenvalue weighted by molar-refractivity contribution is 7.99. The second-order valence-corrected chi connectivity index (χ2v) is 7.57. The molecule has 0 spiro atoms. The molecule has 0 aromatic heterocycles. The SMILES string of the molecule is CCSC1CCC(N2C(=O)C(C)NC2c2ccccc2)C1. The van der Waals surface area contributed by atoms with Crippen LogP contribution in [0.1, 0.15) is 44.8 Å². The molecule has 3 nitrogen and oxygen atoms in total. The number of thioether (sulfide) groups is 1. The minimum absolute atomic E-state index is 0.0454. The number of hydrogen-bond donors (Lipinski definition) is 1. The number of nitrogens with zero attached hydrogens (tertiary/aromatic N) is 1. The number of hydrogen-bond acceptors (Lipinski definition) is 3. The van der Waals surface area contributed by atoms with Crippen LogP contribution in [0.5, 0.6) is 0 Å². The Kier molecular flexibility index (Phi) is 4.55. The Morgan fingerprint density at radius 3 is 2.76 bits per heavy atom. The number of amides is 1. The minimum atomic E-state index is -0.0758. The van der Waals surface area contributed by atoms with E-state index >= 15 is 0 Å². The molecule has 1 saturated heterocycles. The van der Waals surface area contributed by atoms with Gasteiger partial charge in [-0.2, -0.15) is 11.8 Å². The summed E-state index contributed by atoms with van der Waals surface area (Å²) in [6, 6.07) is 10.7. The van der Waals surface area contributed by atoms with Gasteiger partial charge in [0.1, 0.15) is 6.17 Å². The van der Waals surface area contributed by atoms with Gasteiger partial charge >= 0.3 is 0 Å². The fourth-order valence-corrected chi connectivity index (χ4v) is 4.71. The fourth-order valence-electron chi connectivity index (χ4n) is 3.58. The van der Waals surface area contributed by atoms with Crippen molar-refractivity contribution in [2.45, 2.75) is 56.6 Å². The van der Waals surface area contributed by atoms with E-state index in [-0.39, 0.29) is 18.1 Å². The summed E-state index contributed by atoms with van der Waals surface area (Å²) in [5, 5.41) is 4.19. The van der Waals surface area contributed by atoms with E-state index in [0.717, 1.165) is 18.1 Å². The molecule has 1 aromatic rings. The first kappa shape index (κ1) is 14.9. The summed E-state index contributed by atoms with van der Waals surface area (Å²) in [5.74, 6) is 1.43. The molecule has 2 aliphatic rings. The van der Waals surface area contributed by atoms with Gasteiger partial charge in [-0.15, -0.1) is 0 Å². The van der Waals surface area contributed by atoms with Crippen molar-refractivity contribution in [1.29, 1.82) is 0 Å². The molecule has 4 unspecified atom stereocenters. The average molecular weight is 304 g/mol. The van der Waals surface area contributed by atoms with Gasteiger partial charge in [0.05, 0.1) is 6.04 Å². The lowest BCUT2D eigenvalue weighted by molar-refractivity contribution is -0.132. The Morgan fingerprint density at radius 1 is 1.29 bits per heavy atom. The molecule has 1 N–H and O–H groups in total. The maximum Gasteiger partial charge on any atom is 0.241 e. The molecule has 114 valence electrons. The highest BCUT2D eigenvalue weighted by atomic mass is 32.2. The number of benzene rings is 1. The third kappa shape index (κ3) is 2.97. The zero-order chi connectivity index (χ0) is 14.8. The summed E-state index contributed by atoms with van der Waals surface area (Å²) >= 11 is 2.04. The molecule has 1 saturated carbocycles. The van der Waals surface area contributed by atoms with Crippen LogP contribution < -0.4 is 5.32 Å². The Morgan fingerprint density at radius 2 is 2.05 bits per heavy atom. The van der Waals surface area contributed by atoms with E-state index in [1.807, 2.05) is 36.9 Å². The molecular formula is C17H24N2OS. The van der Waals surface area contributed by atoms with E-state index in [4.69, 9.17) is 0 Å². The molecule has 21 heavy (non-hydrogen) atoms. The average Bonchev–Trinajstić information content (AvgIpc) is 3.06. The normalized spacial score (nSPS) is 32.9. The van der Waals surface area contributed by atoms with Crippen molar-refractivity contribution in [3.63, 3.8) is 0 Å². The molecule has 0 radical (unpaired) electrons. The molecule has 3 rings (SSSR count). The van der Waals surface area contributed by atoms with Crippen molar-refractivity contribution in [3.8, 4) is 0 Å². The van der Waals surface area contributed by atoms with Crippen LogP contribution >= 0.6 is 11.8 Å². The standard InChI is InChI=1S/C17H24N2OS/c1-3-21-15-10-9-14(11-15)19-16(18-12(2)17(19)20)13-7-5-4-6-8-13/h4-8,12,14-16,18H,3,9-11H2,1-2H3. The highest BCUT2D eigenvalue weighted by Gasteiger charge is 2.43. The van der Waals surface area contributed by atoms with Crippen LogP contribution in [0.25, 0.3) is 0 Å². The lowest BCUT2D eigenvalue weighted by atomic mass is 10.1. The van der Waals surface area contributed by atoms with E-state index < -0.39 is 0 Å². The molecular weight excluding hydrogens is 280 g/mol. The molecule has 1 amide bonds. The highest BCUT2D eigenvalue weighted by Crippen LogP contribution is 2.38. The minimum Gasteiger partial charge on any atom is -0.319 e. The second-order valence-electron chi connectivity index (χ2n) is 5.99. The van der Waals surface area contributed by atoms with E-state index in [1.165, 1.54) is 17.7 Å². The van der Waals surface area contributed by atoms with Crippen LogP contribution in [-0.4, -0.2) is 33.9 Å². The van der Waals surface area contributed by atoms with E-state index in [9.17, 15) is 4.79 Å². The monoisotopic (exact) mass is 304 g/mol. The zero-order valence-electron chi connectivity index (χ0n) is 12.8. The summed E-state index contributed by atoms with van der Waals surface area (Å²) in [7, 11) is 0. The van der Waals surface area contributed by atoms with Crippen molar-refractivity contribution < 1.29 is 4.79 Å². The maximum atomic E-state index is 12.6. The van der Waals surface area contributed by atoms with Gasteiger partial charge in [-0.25, -0.2) is 0 Å². The molecule has 2 fully saturated rings. The van der Waals surface area contributed by atoms with Crippen LogP contribution in [0.3, 0.4) is 0 Å². The Balaban J connectivity index is 1.79. The molecule has 1 heterocycles. The Bertz CT molecular complexity index is 493. The quantitative estimate of drug-likeness (QED) is 0.927. The van der Waals surface area contributed by atoms with Gasteiger partial charge in [-0.3, -0.25) is 10.1 Å². The van der Waals surface area contributed by atoms with Crippen LogP contribution in [0.2, 0.25) is 0 Å². The van der Waals surface area contributed by atoms with E-state index in [2.05, 4.69) is 29.3 Å². The van der Waals surface area contributed by atoms with E-state index in [0.29, 0.717) is 6.04 Å². The van der Waals surface area contributed by atoms with Gasteiger partial charge < -0.3 is 4.90 Å². The van der Waals surface area contributed by atoms with Crippen LogP contribution in [0.4, 0.5) is 0 Å². The van der Waals surface area contributed by atoms with Crippen molar-refractivity contribution in [1.82, 2.24) is 10.2 Å². The summed E-state index contributed by atoms with van der Waals surface area (Å²) in [6.45, 7) is 4.20. The number of carbonyl (C=O) groups is 1. The number of rotatable bonds is 4. The molecule has 0 bridgehead atoms. The molecule has 4 atom stereocenters. The Labute approximate surface area is 131 Å². The van der Waals surface area contributed by atoms with Gasteiger partial charge in [0.2, 0.25) is 5.91 Å². The lowest BCUT2D eigenvalue weighted by Gasteiger charge is -2.30. The first-order valence-corrected chi connectivity index (χ1v) is 9.00. The van der Waals surface area contributed by atoms with Crippen molar-refractivity contribution >= 4 is 17.7 Å². The summed E-state index contributed by atoms with van der Waals surface area (Å²) in [6.07, 6.45) is 3.57. The van der Waals surface area contributed by atoms with E-state index in [1.54, 1.807) is 0 Å². The van der Waals surface area contributed by atoms with Crippen LogP contribution in [0.15, 0.2) is 30.3 Å². The zero-order valence-corrected chi connectivity index (χ0v) is 13.6. The van der Waals surface area contributed by atoms with Crippen molar-refractivity contribution in [2.75, 3.05) is 5.75 Å². The molecule has 1 aliphatic carbocycles. The molecule has 1 aromatic carbocycles. The molecule has 4 heteroatoms. The van der Waals surface area contributed by atoms with Gasteiger partial charge in [-0.1, -0.05) is 37.3 Å². The van der Waals surface area contributed by atoms with Gasteiger partial charge in [0, 0.05) is 11.3 Å². The largest absolute Gasteiger partial charge is 0.319 e. The fraction of sp³-hybridized carbons (Fsp3) is 0.588. The third-order valence-corrected chi connectivity index (χ3v) is 5.81. The van der Waals surface area contributed by atoms with Crippen molar-refractivity contribution in [3.05, 3.63) is 35.9 Å². The van der Waals surface area contributed by atoms with Gasteiger partial charge in [-0.05, 0) is 37.5 Å². The first-order chi connectivity index (χ1) is 10.2. The first-order valence-electron chi connectivity index (χ1n) is 7.95. The van der Waals surface area contributed by atoms with Gasteiger partial charge in [0.15, 0.2) is 0 Å². The summed E-state index contributed by atoms with van der Waals surface area (Å²) < 4.78 is 0. The van der Waals surface area contributed by atoms with Crippen LogP contribution in [0, 0.1) is 0 Å². The third-order valence-electron chi connectivity index (χ3n) is 4.58. The summed E-state index contributed by atoms with van der Waals surface area (Å²) in [5.41, 5.74) is 1.20. The predicted octanol–water partition coefficient (Wildman–Crippen LogP) is 3.18.